The van der Waals surface area contributed by atoms with E-state index in [-0.39, 0.29) is 18.2 Å². The van der Waals surface area contributed by atoms with Gasteiger partial charge in [0.2, 0.25) is 0 Å². The summed E-state index contributed by atoms with van der Waals surface area (Å²) in [5.74, 6) is -0.918. The summed E-state index contributed by atoms with van der Waals surface area (Å²) >= 11 is 0. The Bertz CT molecular complexity index is 572. The summed E-state index contributed by atoms with van der Waals surface area (Å²) in [4.78, 5) is 36.9. The number of anilines is 1. The molecule has 1 aromatic carbocycles. The first-order valence-electron chi connectivity index (χ1n) is 6.08. The molecule has 0 unspecified atom stereocenters. The maximum Gasteiger partial charge on any atom is 0.299 e. The monoisotopic (exact) mass is 243 g/mol. The van der Waals surface area contributed by atoms with Gasteiger partial charge in [0.1, 0.15) is 0 Å². The van der Waals surface area contributed by atoms with Gasteiger partial charge in [-0.1, -0.05) is 12.1 Å². The van der Waals surface area contributed by atoms with Crippen molar-refractivity contribution in [1.29, 1.82) is 0 Å². The number of hydrogen-bond donors (Lipinski definition) is 0. The molecule has 0 radical (unpaired) electrons. The molecule has 0 spiro atoms. The number of nitrogens with zero attached hydrogens (tertiary/aromatic N) is 1. The average molecular weight is 243 g/mol. The largest absolute Gasteiger partial charge is 0.299 e. The Morgan fingerprint density at radius 1 is 1.33 bits per heavy atom. The molecule has 0 aromatic heterocycles. The van der Waals surface area contributed by atoms with E-state index >= 15 is 0 Å². The van der Waals surface area contributed by atoms with E-state index in [0.29, 0.717) is 11.3 Å². The number of fused-ring (bicyclic) bond motifs is 1. The molecule has 2 aliphatic rings. The van der Waals surface area contributed by atoms with Crippen LogP contribution >= 0.6 is 0 Å². The lowest BCUT2D eigenvalue weighted by atomic mass is 10.1. The normalized spacial score (nSPS) is 18.2. The Labute approximate surface area is 105 Å². The second-order valence-corrected chi connectivity index (χ2v) is 4.93. The summed E-state index contributed by atoms with van der Waals surface area (Å²) in [7, 11) is 0. The summed E-state index contributed by atoms with van der Waals surface area (Å²) in [6, 6.07) is 5.25. The van der Waals surface area contributed by atoms with Crippen molar-refractivity contribution in [2.45, 2.75) is 19.8 Å². The number of benzene rings is 1. The molecule has 0 atom stereocenters. The fourth-order valence-corrected chi connectivity index (χ4v) is 2.38. The van der Waals surface area contributed by atoms with Crippen molar-refractivity contribution in [2.24, 2.45) is 5.92 Å². The third-order valence-electron chi connectivity index (χ3n) is 3.54. The quantitative estimate of drug-likeness (QED) is 0.756. The van der Waals surface area contributed by atoms with E-state index in [1.54, 1.807) is 12.1 Å². The van der Waals surface area contributed by atoms with Crippen molar-refractivity contribution in [3.05, 3.63) is 29.3 Å². The molecule has 1 saturated carbocycles. The van der Waals surface area contributed by atoms with Crippen LogP contribution in [0.1, 0.15) is 28.8 Å². The highest BCUT2D eigenvalue weighted by Crippen LogP contribution is 2.35. The van der Waals surface area contributed by atoms with Gasteiger partial charge in [0.25, 0.3) is 11.7 Å². The molecule has 92 valence electrons. The predicted molar refractivity (Wildman–Crippen MR) is 65.6 cm³/mol. The number of hydrogen-bond acceptors (Lipinski definition) is 3. The Balaban J connectivity index is 1.98. The van der Waals surface area contributed by atoms with Crippen molar-refractivity contribution in [3.8, 4) is 0 Å². The minimum Gasteiger partial charge on any atom is -0.297 e. The number of Topliss-reactive ketones (excluding diaryl/α,β-unsaturated/α-hetero) is 2. The predicted octanol–water partition coefficient (Wildman–Crippen LogP) is 1.50. The molecule has 0 N–H and O–H groups in total. The highest BCUT2D eigenvalue weighted by atomic mass is 16.2. The van der Waals surface area contributed by atoms with E-state index < -0.39 is 11.7 Å². The number of carbonyl (C=O) groups excluding carboxylic acids is 3. The van der Waals surface area contributed by atoms with Gasteiger partial charge in [-0.2, -0.15) is 0 Å². The zero-order chi connectivity index (χ0) is 12.9. The third kappa shape index (κ3) is 1.56. The van der Waals surface area contributed by atoms with Crippen molar-refractivity contribution in [1.82, 2.24) is 0 Å². The molecule has 0 bridgehead atoms. The van der Waals surface area contributed by atoms with Crippen LogP contribution in [-0.2, 0) is 9.59 Å². The van der Waals surface area contributed by atoms with Gasteiger partial charge in [-0.3, -0.25) is 19.3 Å². The average Bonchev–Trinajstić information content (AvgIpc) is 3.15. The summed E-state index contributed by atoms with van der Waals surface area (Å²) in [6.07, 6.45) is 1.82. The van der Waals surface area contributed by atoms with E-state index in [9.17, 15) is 14.4 Å². The molecule has 1 heterocycles. The lowest BCUT2D eigenvalue weighted by Gasteiger charge is -2.17. The summed E-state index contributed by atoms with van der Waals surface area (Å²) in [5.41, 5.74) is 1.89. The SMILES string of the molecule is Cc1cccc2c1N(CC(=O)C1CC1)C(=O)C2=O. The van der Waals surface area contributed by atoms with Crippen molar-refractivity contribution in [3.63, 3.8) is 0 Å². The van der Waals surface area contributed by atoms with Gasteiger partial charge in [-0.15, -0.1) is 0 Å². The molecule has 4 heteroatoms. The smallest absolute Gasteiger partial charge is 0.297 e. The standard InChI is InChI=1S/C14H13NO3/c1-8-3-2-4-10-12(8)15(14(18)13(10)17)7-11(16)9-5-6-9/h2-4,9H,5-7H2,1H3. The Kier molecular flexibility index (Phi) is 2.33. The minimum absolute atomic E-state index is 0.0348. The zero-order valence-corrected chi connectivity index (χ0v) is 10.1. The molecular formula is C14H13NO3. The Hall–Kier alpha value is -1.97. The second kappa shape index (κ2) is 3.77. The lowest BCUT2D eigenvalue weighted by molar-refractivity contribution is -0.121. The number of amides is 1. The maximum atomic E-state index is 11.9. The zero-order valence-electron chi connectivity index (χ0n) is 10.1. The van der Waals surface area contributed by atoms with E-state index in [4.69, 9.17) is 0 Å². The molecule has 3 rings (SSSR count). The first kappa shape index (κ1) is 11.1. The molecule has 1 aromatic rings. The molecule has 0 saturated heterocycles. The van der Waals surface area contributed by atoms with Gasteiger partial charge < -0.3 is 0 Å². The first-order valence-corrected chi connectivity index (χ1v) is 6.08. The van der Waals surface area contributed by atoms with Crippen LogP contribution in [0.15, 0.2) is 18.2 Å². The van der Waals surface area contributed by atoms with Gasteiger partial charge in [0.05, 0.1) is 17.8 Å². The third-order valence-corrected chi connectivity index (χ3v) is 3.54. The topological polar surface area (TPSA) is 54.5 Å². The van der Waals surface area contributed by atoms with Gasteiger partial charge in [0.15, 0.2) is 5.78 Å². The molecular weight excluding hydrogens is 230 g/mol. The fourth-order valence-electron chi connectivity index (χ4n) is 2.38. The number of carbonyl (C=O) groups is 3. The van der Waals surface area contributed by atoms with E-state index in [1.165, 1.54) is 4.90 Å². The molecule has 1 aliphatic heterocycles. The van der Waals surface area contributed by atoms with Crippen LogP contribution in [0.25, 0.3) is 0 Å². The van der Waals surface area contributed by atoms with Crippen LogP contribution < -0.4 is 4.90 Å². The summed E-state index contributed by atoms with van der Waals surface area (Å²) in [5, 5.41) is 0. The van der Waals surface area contributed by atoms with Crippen LogP contribution in [0, 0.1) is 12.8 Å². The molecule has 4 nitrogen and oxygen atoms in total. The van der Waals surface area contributed by atoms with E-state index in [2.05, 4.69) is 0 Å². The number of aryl methyl sites for hydroxylation is 1. The highest BCUT2D eigenvalue weighted by molar-refractivity contribution is 6.52. The van der Waals surface area contributed by atoms with Gasteiger partial charge >= 0.3 is 0 Å². The number of rotatable bonds is 3. The Morgan fingerprint density at radius 2 is 2.06 bits per heavy atom. The number of para-hydroxylation sites is 1. The van der Waals surface area contributed by atoms with E-state index in [1.807, 2.05) is 13.0 Å². The van der Waals surface area contributed by atoms with Crippen LogP contribution in [0.5, 0.6) is 0 Å². The van der Waals surface area contributed by atoms with Crippen molar-refractivity contribution >= 4 is 23.2 Å². The van der Waals surface area contributed by atoms with Crippen LogP contribution in [0.3, 0.4) is 0 Å². The minimum atomic E-state index is -0.576. The van der Waals surface area contributed by atoms with Gasteiger partial charge in [0, 0.05) is 5.92 Å². The second-order valence-electron chi connectivity index (χ2n) is 4.93. The van der Waals surface area contributed by atoms with Crippen LogP contribution in [0.2, 0.25) is 0 Å². The summed E-state index contributed by atoms with van der Waals surface area (Å²) < 4.78 is 0. The fraction of sp³-hybridized carbons (Fsp3) is 0.357. The highest BCUT2D eigenvalue weighted by Gasteiger charge is 2.40. The molecule has 1 fully saturated rings. The number of ketones is 2. The van der Waals surface area contributed by atoms with Crippen molar-refractivity contribution in [2.75, 3.05) is 11.4 Å². The van der Waals surface area contributed by atoms with Crippen LogP contribution in [-0.4, -0.2) is 24.0 Å². The van der Waals surface area contributed by atoms with Gasteiger partial charge in [-0.05, 0) is 31.4 Å². The molecule has 18 heavy (non-hydrogen) atoms. The lowest BCUT2D eigenvalue weighted by Crippen LogP contribution is -2.35. The van der Waals surface area contributed by atoms with Crippen LogP contribution in [0.4, 0.5) is 5.69 Å². The first-order chi connectivity index (χ1) is 8.59. The van der Waals surface area contributed by atoms with E-state index in [0.717, 1.165) is 18.4 Å². The van der Waals surface area contributed by atoms with Gasteiger partial charge in [-0.25, -0.2) is 0 Å². The van der Waals surface area contributed by atoms with Crippen molar-refractivity contribution < 1.29 is 14.4 Å². The molecule has 1 amide bonds. The maximum absolute atomic E-state index is 11.9. The summed E-state index contributed by atoms with van der Waals surface area (Å²) in [6.45, 7) is 1.88. The Morgan fingerprint density at radius 3 is 2.72 bits per heavy atom. The molecule has 1 aliphatic carbocycles.